The predicted octanol–water partition coefficient (Wildman–Crippen LogP) is 2.78. The van der Waals surface area contributed by atoms with Gasteiger partial charge in [-0.25, -0.2) is 5.48 Å². The lowest BCUT2D eigenvalue weighted by atomic mass is 10.1. The molecule has 1 aromatic carbocycles. The second-order valence-electron chi connectivity index (χ2n) is 5.35. The third-order valence-corrected chi connectivity index (χ3v) is 3.98. The van der Waals surface area contributed by atoms with E-state index in [1.807, 2.05) is 18.2 Å². The summed E-state index contributed by atoms with van der Waals surface area (Å²) in [6.45, 7) is 0. The summed E-state index contributed by atoms with van der Waals surface area (Å²) in [5.74, 6) is 0.544. The van der Waals surface area contributed by atoms with Crippen LogP contribution in [-0.2, 0) is 9.63 Å². The lowest BCUT2D eigenvalue weighted by Gasteiger charge is -2.11. The van der Waals surface area contributed by atoms with Crippen LogP contribution in [0.3, 0.4) is 0 Å². The molecule has 96 valence electrons. The predicted molar refractivity (Wildman–Crippen MR) is 68.8 cm³/mol. The molecule has 3 heteroatoms. The number of benzene rings is 1. The van der Waals surface area contributed by atoms with E-state index in [-0.39, 0.29) is 17.9 Å². The molecule has 18 heavy (non-hydrogen) atoms. The third kappa shape index (κ3) is 2.56. The minimum atomic E-state index is 0.0516. The molecule has 0 saturated heterocycles. The Bertz CT molecular complexity index is 412. The number of hydroxylamine groups is 1. The topological polar surface area (TPSA) is 38.3 Å². The Hall–Kier alpha value is -1.35. The number of hydrogen-bond donors (Lipinski definition) is 1. The summed E-state index contributed by atoms with van der Waals surface area (Å²) in [6, 6.07) is 10.2. The molecular formula is C15H19NO2. The summed E-state index contributed by atoms with van der Waals surface area (Å²) in [4.78, 5) is 17.4. The van der Waals surface area contributed by atoms with E-state index in [0.29, 0.717) is 5.92 Å². The van der Waals surface area contributed by atoms with Crippen LogP contribution in [0.4, 0.5) is 0 Å². The van der Waals surface area contributed by atoms with Crippen molar-refractivity contribution in [2.45, 2.75) is 44.1 Å². The van der Waals surface area contributed by atoms with Gasteiger partial charge in [0.2, 0.25) is 5.91 Å². The number of rotatable bonds is 4. The molecule has 2 unspecified atom stereocenters. The fraction of sp³-hybridized carbons (Fsp3) is 0.533. The average Bonchev–Trinajstić information content (AvgIpc) is 3.05. The van der Waals surface area contributed by atoms with Crippen molar-refractivity contribution in [1.29, 1.82) is 0 Å². The van der Waals surface area contributed by atoms with E-state index in [4.69, 9.17) is 4.84 Å². The van der Waals surface area contributed by atoms with Gasteiger partial charge < -0.3 is 0 Å². The van der Waals surface area contributed by atoms with Crippen molar-refractivity contribution < 1.29 is 9.63 Å². The molecule has 2 saturated carbocycles. The van der Waals surface area contributed by atoms with Gasteiger partial charge in [0.15, 0.2) is 0 Å². The first-order chi connectivity index (χ1) is 8.84. The first kappa shape index (κ1) is 11.7. The second-order valence-corrected chi connectivity index (χ2v) is 5.35. The first-order valence-electron chi connectivity index (χ1n) is 6.85. The van der Waals surface area contributed by atoms with Gasteiger partial charge in [-0.1, -0.05) is 43.2 Å². The Morgan fingerprint density at radius 2 is 1.89 bits per heavy atom. The van der Waals surface area contributed by atoms with E-state index in [2.05, 4.69) is 17.6 Å². The fourth-order valence-corrected chi connectivity index (χ4v) is 2.78. The molecule has 3 rings (SSSR count). The molecule has 0 bridgehead atoms. The van der Waals surface area contributed by atoms with Crippen molar-refractivity contribution in [3.63, 3.8) is 0 Å². The standard InChI is InChI=1S/C15H19NO2/c17-15(16-18-12-8-4-5-9-12)14-10-13(14)11-6-2-1-3-7-11/h1-3,6-7,12-14H,4-5,8-10H2,(H,16,17). The number of carbonyl (C=O) groups excluding carboxylic acids is 1. The Morgan fingerprint density at radius 3 is 2.61 bits per heavy atom. The van der Waals surface area contributed by atoms with Crippen molar-refractivity contribution in [1.82, 2.24) is 5.48 Å². The molecule has 2 fully saturated rings. The fourth-order valence-electron chi connectivity index (χ4n) is 2.78. The van der Waals surface area contributed by atoms with Gasteiger partial charge in [0.25, 0.3) is 0 Å². The molecule has 0 heterocycles. The highest BCUT2D eigenvalue weighted by atomic mass is 16.7. The van der Waals surface area contributed by atoms with Gasteiger partial charge in [-0.2, -0.15) is 0 Å². The maximum atomic E-state index is 11.9. The van der Waals surface area contributed by atoms with Crippen molar-refractivity contribution in [2.24, 2.45) is 5.92 Å². The molecule has 2 atom stereocenters. The maximum Gasteiger partial charge on any atom is 0.247 e. The minimum absolute atomic E-state index is 0.0516. The summed E-state index contributed by atoms with van der Waals surface area (Å²) in [5.41, 5.74) is 3.91. The molecule has 2 aliphatic carbocycles. The van der Waals surface area contributed by atoms with Gasteiger partial charge in [-0.05, 0) is 30.7 Å². The Balaban J connectivity index is 1.47. The lowest BCUT2D eigenvalue weighted by molar-refractivity contribution is -0.139. The van der Waals surface area contributed by atoms with Crippen molar-refractivity contribution in [3.8, 4) is 0 Å². The van der Waals surface area contributed by atoms with Crippen LogP contribution in [0.25, 0.3) is 0 Å². The lowest BCUT2D eigenvalue weighted by Crippen LogP contribution is -2.29. The molecule has 2 aliphatic rings. The summed E-state index contributed by atoms with van der Waals surface area (Å²) in [7, 11) is 0. The molecular weight excluding hydrogens is 226 g/mol. The first-order valence-corrected chi connectivity index (χ1v) is 6.85. The van der Waals surface area contributed by atoms with Crippen LogP contribution in [0.15, 0.2) is 30.3 Å². The maximum absolute atomic E-state index is 11.9. The van der Waals surface area contributed by atoms with Crippen LogP contribution in [0.1, 0.15) is 43.6 Å². The highest BCUT2D eigenvalue weighted by molar-refractivity contribution is 5.81. The van der Waals surface area contributed by atoms with Gasteiger partial charge in [0.05, 0.1) is 6.10 Å². The minimum Gasteiger partial charge on any atom is -0.272 e. The molecule has 0 aliphatic heterocycles. The zero-order chi connectivity index (χ0) is 12.4. The molecule has 0 aromatic heterocycles. The molecule has 0 spiro atoms. The van der Waals surface area contributed by atoms with Crippen LogP contribution in [0, 0.1) is 5.92 Å². The average molecular weight is 245 g/mol. The molecule has 1 N–H and O–H groups in total. The Morgan fingerprint density at radius 1 is 1.17 bits per heavy atom. The van der Waals surface area contributed by atoms with Crippen LogP contribution < -0.4 is 5.48 Å². The quantitative estimate of drug-likeness (QED) is 0.828. The SMILES string of the molecule is O=C(NOC1CCCC1)C1CC1c1ccccc1. The van der Waals surface area contributed by atoms with Gasteiger partial charge >= 0.3 is 0 Å². The van der Waals surface area contributed by atoms with E-state index in [1.54, 1.807) is 0 Å². The number of nitrogens with one attached hydrogen (secondary N) is 1. The van der Waals surface area contributed by atoms with Crippen molar-refractivity contribution in [3.05, 3.63) is 35.9 Å². The normalized spacial score (nSPS) is 27.1. The smallest absolute Gasteiger partial charge is 0.247 e. The molecule has 3 nitrogen and oxygen atoms in total. The van der Waals surface area contributed by atoms with Gasteiger partial charge in [0, 0.05) is 5.92 Å². The van der Waals surface area contributed by atoms with Gasteiger partial charge in [-0.3, -0.25) is 9.63 Å². The highest BCUT2D eigenvalue weighted by Gasteiger charge is 2.44. The molecule has 1 aromatic rings. The van der Waals surface area contributed by atoms with Gasteiger partial charge in [0.1, 0.15) is 0 Å². The molecule has 0 radical (unpaired) electrons. The zero-order valence-corrected chi connectivity index (χ0v) is 10.5. The molecule has 1 amide bonds. The van der Waals surface area contributed by atoms with Gasteiger partial charge in [-0.15, -0.1) is 0 Å². The number of carbonyl (C=O) groups is 1. The van der Waals surface area contributed by atoms with E-state index < -0.39 is 0 Å². The Labute approximate surface area is 107 Å². The number of hydrogen-bond acceptors (Lipinski definition) is 2. The zero-order valence-electron chi connectivity index (χ0n) is 10.5. The number of amides is 1. The highest BCUT2D eigenvalue weighted by Crippen LogP contribution is 2.47. The van der Waals surface area contributed by atoms with Crippen LogP contribution in [-0.4, -0.2) is 12.0 Å². The summed E-state index contributed by atoms with van der Waals surface area (Å²) in [5, 5.41) is 0. The Kier molecular flexibility index (Phi) is 3.33. The van der Waals surface area contributed by atoms with Crippen molar-refractivity contribution >= 4 is 5.91 Å². The van der Waals surface area contributed by atoms with Crippen LogP contribution >= 0.6 is 0 Å². The second kappa shape index (κ2) is 5.11. The summed E-state index contributed by atoms with van der Waals surface area (Å²) in [6.07, 6.45) is 5.78. The largest absolute Gasteiger partial charge is 0.272 e. The summed E-state index contributed by atoms with van der Waals surface area (Å²) < 4.78 is 0. The summed E-state index contributed by atoms with van der Waals surface area (Å²) >= 11 is 0. The monoisotopic (exact) mass is 245 g/mol. The van der Waals surface area contributed by atoms with Crippen molar-refractivity contribution in [2.75, 3.05) is 0 Å². The van der Waals surface area contributed by atoms with Crippen LogP contribution in [0.5, 0.6) is 0 Å². The van der Waals surface area contributed by atoms with E-state index >= 15 is 0 Å². The van der Waals surface area contributed by atoms with E-state index in [1.165, 1.54) is 18.4 Å². The van der Waals surface area contributed by atoms with E-state index in [0.717, 1.165) is 19.3 Å². The third-order valence-electron chi connectivity index (χ3n) is 3.98. The van der Waals surface area contributed by atoms with E-state index in [9.17, 15) is 4.79 Å². The van der Waals surface area contributed by atoms with Crippen LogP contribution in [0.2, 0.25) is 0 Å².